The number of benzene rings is 1. The highest BCUT2D eigenvalue weighted by molar-refractivity contribution is 9.10. The zero-order valence-electron chi connectivity index (χ0n) is 7.88. The fourth-order valence-electron chi connectivity index (χ4n) is 1.20. The molecule has 0 fully saturated rings. The van der Waals surface area contributed by atoms with E-state index in [1.807, 2.05) is 0 Å². The summed E-state index contributed by atoms with van der Waals surface area (Å²) in [6, 6.07) is 6.24. The standard InChI is InChI=1S/C10H11BrN2S/c1-7-2-3-8(6-9(7)11)13-10-12-4-5-14-10/h2-3,6H,4-5H2,1H3,(H,12,13). The zero-order valence-corrected chi connectivity index (χ0v) is 10.3. The Morgan fingerprint density at radius 1 is 1.50 bits per heavy atom. The van der Waals surface area contributed by atoms with Crippen LogP contribution in [0.15, 0.2) is 27.7 Å². The number of thioether (sulfide) groups is 1. The third-order valence-electron chi connectivity index (χ3n) is 2.01. The molecule has 0 unspecified atom stereocenters. The summed E-state index contributed by atoms with van der Waals surface area (Å²) in [5, 5.41) is 4.32. The van der Waals surface area contributed by atoms with Gasteiger partial charge in [-0.15, -0.1) is 0 Å². The Morgan fingerprint density at radius 2 is 2.36 bits per heavy atom. The highest BCUT2D eigenvalue weighted by Crippen LogP contribution is 2.22. The van der Waals surface area contributed by atoms with Gasteiger partial charge in [0.05, 0.1) is 6.54 Å². The van der Waals surface area contributed by atoms with Crippen molar-refractivity contribution in [1.29, 1.82) is 0 Å². The van der Waals surface area contributed by atoms with Gasteiger partial charge in [-0.3, -0.25) is 4.99 Å². The molecule has 1 aromatic rings. The zero-order chi connectivity index (χ0) is 9.97. The summed E-state index contributed by atoms with van der Waals surface area (Å²) in [4.78, 5) is 4.34. The van der Waals surface area contributed by atoms with E-state index in [4.69, 9.17) is 0 Å². The maximum Gasteiger partial charge on any atom is 0.161 e. The van der Waals surface area contributed by atoms with Crippen LogP contribution in [0.1, 0.15) is 5.56 Å². The Balaban J connectivity index is 2.13. The Kier molecular flexibility index (Phi) is 3.13. The van der Waals surface area contributed by atoms with E-state index < -0.39 is 0 Å². The molecular weight excluding hydrogens is 260 g/mol. The van der Waals surface area contributed by atoms with Crippen LogP contribution < -0.4 is 5.32 Å². The molecule has 0 saturated heterocycles. The fraction of sp³-hybridized carbons (Fsp3) is 0.300. The molecule has 74 valence electrons. The van der Waals surface area contributed by atoms with Gasteiger partial charge in [0.25, 0.3) is 0 Å². The Bertz CT molecular complexity index is 376. The lowest BCUT2D eigenvalue weighted by Gasteiger charge is -2.06. The number of aliphatic imine (C=N–C) groups is 1. The number of hydrogen-bond donors (Lipinski definition) is 1. The number of rotatable bonds is 1. The molecule has 1 N–H and O–H groups in total. The molecule has 1 heterocycles. The van der Waals surface area contributed by atoms with Gasteiger partial charge < -0.3 is 5.32 Å². The normalized spacial score (nSPS) is 15.4. The summed E-state index contributed by atoms with van der Waals surface area (Å²) >= 11 is 5.28. The SMILES string of the molecule is Cc1ccc(NC2=NCCS2)cc1Br. The quantitative estimate of drug-likeness (QED) is 0.847. The second-order valence-corrected chi connectivity index (χ2v) is 5.06. The van der Waals surface area contributed by atoms with E-state index in [1.54, 1.807) is 11.8 Å². The lowest BCUT2D eigenvalue weighted by molar-refractivity contribution is 1.17. The van der Waals surface area contributed by atoms with E-state index in [-0.39, 0.29) is 0 Å². The molecule has 1 aliphatic rings. The van der Waals surface area contributed by atoms with Crippen LogP contribution in [-0.2, 0) is 0 Å². The van der Waals surface area contributed by atoms with Crippen molar-refractivity contribution in [2.24, 2.45) is 4.99 Å². The molecule has 0 atom stereocenters. The van der Waals surface area contributed by atoms with E-state index >= 15 is 0 Å². The van der Waals surface area contributed by atoms with Crippen molar-refractivity contribution in [3.63, 3.8) is 0 Å². The molecule has 0 bridgehead atoms. The molecule has 0 aliphatic carbocycles. The molecule has 14 heavy (non-hydrogen) atoms. The number of halogens is 1. The highest BCUT2D eigenvalue weighted by atomic mass is 79.9. The van der Waals surface area contributed by atoms with E-state index in [1.165, 1.54) is 5.56 Å². The van der Waals surface area contributed by atoms with Gasteiger partial charge in [0, 0.05) is 15.9 Å². The Labute approximate surface area is 96.3 Å². The average molecular weight is 271 g/mol. The van der Waals surface area contributed by atoms with Crippen molar-refractivity contribution in [2.45, 2.75) is 6.92 Å². The minimum Gasteiger partial charge on any atom is -0.335 e. The summed E-state index contributed by atoms with van der Waals surface area (Å²) in [6.07, 6.45) is 0. The van der Waals surface area contributed by atoms with Gasteiger partial charge in [0.15, 0.2) is 5.17 Å². The molecule has 2 rings (SSSR count). The van der Waals surface area contributed by atoms with E-state index in [9.17, 15) is 0 Å². The second kappa shape index (κ2) is 4.36. The summed E-state index contributed by atoms with van der Waals surface area (Å²) in [6.45, 7) is 3.01. The summed E-state index contributed by atoms with van der Waals surface area (Å²) in [7, 11) is 0. The predicted octanol–water partition coefficient (Wildman–Crippen LogP) is 3.27. The lowest BCUT2D eigenvalue weighted by atomic mass is 10.2. The monoisotopic (exact) mass is 270 g/mol. The van der Waals surface area contributed by atoms with Gasteiger partial charge in [0.2, 0.25) is 0 Å². The fourth-order valence-corrected chi connectivity index (χ4v) is 2.33. The molecule has 0 aromatic heterocycles. The first-order valence-electron chi connectivity index (χ1n) is 4.46. The van der Waals surface area contributed by atoms with Crippen LogP contribution in [0.5, 0.6) is 0 Å². The number of aryl methyl sites for hydroxylation is 1. The first kappa shape index (κ1) is 10.1. The van der Waals surface area contributed by atoms with Crippen LogP contribution in [0, 0.1) is 6.92 Å². The van der Waals surface area contributed by atoms with Crippen molar-refractivity contribution >= 4 is 38.5 Å². The van der Waals surface area contributed by atoms with Gasteiger partial charge >= 0.3 is 0 Å². The molecule has 0 radical (unpaired) electrons. The molecule has 1 aliphatic heterocycles. The van der Waals surface area contributed by atoms with Gasteiger partial charge in [0.1, 0.15) is 0 Å². The summed E-state index contributed by atoms with van der Waals surface area (Å²) in [5.74, 6) is 1.09. The number of anilines is 1. The second-order valence-electron chi connectivity index (χ2n) is 3.12. The molecule has 1 aromatic carbocycles. The van der Waals surface area contributed by atoms with Crippen LogP contribution in [0.25, 0.3) is 0 Å². The van der Waals surface area contributed by atoms with E-state index in [0.29, 0.717) is 0 Å². The van der Waals surface area contributed by atoms with Crippen molar-refractivity contribution < 1.29 is 0 Å². The van der Waals surface area contributed by atoms with Crippen molar-refractivity contribution in [2.75, 3.05) is 17.6 Å². The summed E-state index contributed by atoms with van der Waals surface area (Å²) in [5.41, 5.74) is 2.34. The maximum absolute atomic E-state index is 4.34. The van der Waals surface area contributed by atoms with Crippen molar-refractivity contribution in [3.8, 4) is 0 Å². The maximum atomic E-state index is 4.34. The van der Waals surface area contributed by atoms with Gasteiger partial charge in [-0.05, 0) is 24.6 Å². The van der Waals surface area contributed by atoms with Crippen molar-refractivity contribution in [3.05, 3.63) is 28.2 Å². The smallest absolute Gasteiger partial charge is 0.161 e. The third-order valence-corrected chi connectivity index (χ3v) is 3.75. The topological polar surface area (TPSA) is 24.4 Å². The Hall–Kier alpha value is -0.480. The van der Waals surface area contributed by atoms with Crippen LogP contribution in [-0.4, -0.2) is 17.5 Å². The first-order chi connectivity index (χ1) is 6.75. The van der Waals surface area contributed by atoms with Crippen LogP contribution in [0.2, 0.25) is 0 Å². The molecule has 0 amide bonds. The molecule has 0 spiro atoms. The van der Waals surface area contributed by atoms with E-state index in [2.05, 4.69) is 51.4 Å². The van der Waals surface area contributed by atoms with Crippen LogP contribution in [0.3, 0.4) is 0 Å². The lowest BCUT2D eigenvalue weighted by Crippen LogP contribution is -2.04. The number of amidine groups is 1. The first-order valence-corrected chi connectivity index (χ1v) is 6.24. The van der Waals surface area contributed by atoms with Gasteiger partial charge in [-0.1, -0.05) is 33.8 Å². The van der Waals surface area contributed by atoms with Crippen LogP contribution >= 0.6 is 27.7 Å². The minimum atomic E-state index is 0.931. The molecule has 0 saturated carbocycles. The molecular formula is C10H11BrN2S. The van der Waals surface area contributed by atoms with E-state index in [0.717, 1.165) is 27.6 Å². The average Bonchev–Trinajstić information content (AvgIpc) is 2.64. The predicted molar refractivity (Wildman–Crippen MR) is 67.3 cm³/mol. The molecule has 4 heteroatoms. The number of nitrogens with one attached hydrogen (secondary N) is 1. The van der Waals surface area contributed by atoms with Gasteiger partial charge in [-0.25, -0.2) is 0 Å². The van der Waals surface area contributed by atoms with Gasteiger partial charge in [-0.2, -0.15) is 0 Å². The van der Waals surface area contributed by atoms with Crippen LogP contribution in [0.4, 0.5) is 5.69 Å². The Morgan fingerprint density at radius 3 is 3.00 bits per heavy atom. The minimum absolute atomic E-state index is 0.931. The molecule has 2 nitrogen and oxygen atoms in total. The number of hydrogen-bond acceptors (Lipinski definition) is 3. The highest BCUT2D eigenvalue weighted by Gasteiger charge is 2.07. The van der Waals surface area contributed by atoms with Crippen molar-refractivity contribution in [1.82, 2.24) is 0 Å². The largest absolute Gasteiger partial charge is 0.335 e. The number of nitrogens with zero attached hydrogens (tertiary/aromatic N) is 1. The third kappa shape index (κ3) is 2.30. The summed E-state index contributed by atoms with van der Waals surface area (Å²) < 4.78 is 1.13.